The Bertz CT molecular complexity index is 919. The summed E-state index contributed by atoms with van der Waals surface area (Å²) in [5, 5.41) is 2.22. The summed E-state index contributed by atoms with van der Waals surface area (Å²) in [5.41, 5.74) is 0.502. The Morgan fingerprint density at radius 1 is 1.00 bits per heavy atom. The van der Waals surface area contributed by atoms with E-state index >= 15 is 0 Å². The van der Waals surface area contributed by atoms with Gasteiger partial charge in [-0.2, -0.15) is 0 Å². The highest BCUT2D eigenvalue weighted by atomic mass is 35.5. The van der Waals surface area contributed by atoms with E-state index < -0.39 is 5.97 Å². The molecule has 3 rings (SSSR count). The Hall–Kier alpha value is -2.36. The van der Waals surface area contributed by atoms with Crippen LogP contribution in [0.4, 0.5) is 0 Å². The van der Waals surface area contributed by atoms with Crippen LogP contribution in [0.15, 0.2) is 54.6 Å². The zero-order valence-electron chi connectivity index (χ0n) is 11.8. The Labute approximate surface area is 142 Å². The summed E-state index contributed by atoms with van der Waals surface area (Å²) in [5.74, 6) is -0.459. The SMILES string of the molecule is O=Cc1c(OC(=O)c2ccc(Cl)cc2Cl)ccc2ccccc12. The van der Waals surface area contributed by atoms with Gasteiger partial charge in [-0.1, -0.05) is 53.5 Å². The van der Waals surface area contributed by atoms with Crippen LogP contribution in [0.2, 0.25) is 10.0 Å². The zero-order chi connectivity index (χ0) is 16.4. The second kappa shape index (κ2) is 6.41. The van der Waals surface area contributed by atoms with Crippen LogP contribution in [-0.4, -0.2) is 12.3 Å². The topological polar surface area (TPSA) is 43.4 Å². The number of hydrogen-bond donors (Lipinski definition) is 0. The van der Waals surface area contributed by atoms with Crippen LogP contribution in [-0.2, 0) is 0 Å². The van der Waals surface area contributed by atoms with Crippen LogP contribution in [0.1, 0.15) is 20.7 Å². The fraction of sp³-hybridized carbons (Fsp3) is 0. The van der Waals surface area contributed by atoms with E-state index in [1.54, 1.807) is 24.3 Å². The van der Waals surface area contributed by atoms with Crippen molar-refractivity contribution in [2.24, 2.45) is 0 Å². The first-order valence-corrected chi connectivity index (χ1v) is 7.50. The Morgan fingerprint density at radius 3 is 2.52 bits per heavy atom. The molecule has 0 atom stereocenters. The minimum Gasteiger partial charge on any atom is -0.422 e. The summed E-state index contributed by atoms with van der Waals surface area (Å²) in [7, 11) is 0. The van der Waals surface area contributed by atoms with E-state index in [1.165, 1.54) is 12.1 Å². The number of hydrogen-bond acceptors (Lipinski definition) is 3. The third-order valence-corrected chi connectivity index (χ3v) is 3.95. The minimum absolute atomic E-state index is 0.182. The number of fused-ring (bicyclic) bond motifs is 1. The third kappa shape index (κ3) is 3.07. The minimum atomic E-state index is -0.648. The van der Waals surface area contributed by atoms with Gasteiger partial charge in [-0.25, -0.2) is 4.79 Å². The molecule has 3 nitrogen and oxygen atoms in total. The van der Waals surface area contributed by atoms with Gasteiger partial charge in [0.1, 0.15) is 5.75 Å². The van der Waals surface area contributed by atoms with Gasteiger partial charge < -0.3 is 4.74 Å². The molecule has 0 unspecified atom stereocenters. The number of rotatable bonds is 3. The molecule has 0 amide bonds. The number of halogens is 2. The maximum absolute atomic E-state index is 12.3. The highest BCUT2D eigenvalue weighted by Gasteiger charge is 2.16. The quantitative estimate of drug-likeness (QED) is 0.373. The molecule has 3 aromatic carbocycles. The molecule has 0 fully saturated rings. The Morgan fingerprint density at radius 2 is 1.78 bits per heavy atom. The first-order valence-electron chi connectivity index (χ1n) is 6.74. The van der Waals surface area contributed by atoms with Gasteiger partial charge in [0, 0.05) is 5.02 Å². The van der Waals surface area contributed by atoms with Crippen LogP contribution in [0, 0.1) is 0 Å². The average molecular weight is 345 g/mol. The molecule has 0 N–H and O–H groups in total. The first-order chi connectivity index (χ1) is 11.1. The zero-order valence-corrected chi connectivity index (χ0v) is 13.3. The van der Waals surface area contributed by atoms with E-state index in [9.17, 15) is 9.59 Å². The van der Waals surface area contributed by atoms with E-state index in [2.05, 4.69) is 0 Å². The van der Waals surface area contributed by atoms with Crippen molar-refractivity contribution in [2.45, 2.75) is 0 Å². The van der Waals surface area contributed by atoms with Crippen LogP contribution in [0.3, 0.4) is 0 Å². The summed E-state index contributed by atoms with van der Waals surface area (Å²) in [6.07, 6.45) is 0.675. The first kappa shape index (κ1) is 15.5. The Kier molecular flexibility index (Phi) is 4.33. The van der Waals surface area contributed by atoms with Crippen molar-refractivity contribution in [3.63, 3.8) is 0 Å². The van der Waals surface area contributed by atoms with Crippen molar-refractivity contribution in [3.05, 3.63) is 75.8 Å². The molecule has 0 bridgehead atoms. The van der Waals surface area contributed by atoms with Crippen molar-refractivity contribution < 1.29 is 14.3 Å². The van der Waals surface area contributed by atoms with E-state index in [0.29, 0.717) is 16.9 Å². The van der Waals surface area contributed by atoms with Gasteiger partial charge >= 0.3 is 5.97 Å². The molecule has 0 heterocycles. The van der Waals surface area contributed by atoms with Gasteiger partial charge in [0.25, 0.3) is 0 Å². The average Bonchev–Trinajstić information content (AvgIpc) is 2.54. The standard InChI is InChI=1S/C18H10Cl2O3/c19-12-6-7-14(16(20)9-12)18(22)23-17-8-5-11-3-1-2-4-13(11)15(17)10-21/h1-10H. The van der Waals surface area contributed by atoms with Crippen molar-refractivity contribution in [1.29, 1.82) is 0 Å². The van der Waals surface area contributed by atoms with E-state index in [1.807, 2.05) is 18.2 Å². The molecule has 23 heavy (non-hydrogen) atoms. The van der Waals surface area contributed by atoms with Gasteiger partial charge in [0.05, 0.1) is 16.1 Å². The van der Waals surface area contributed by atoms with Gasteiger partial charge in [0.2, 0.25) is 0 Å². The summed E-state index contributed by atoms with van der Waals surface area (Å²) < 4.78 is 5.35. The van der Waals surface area contributed by atoms with Crippen LogP contribution in [0.5, 0.6) is 5.75 Å². The fourth-order valence-electron chi connectivity index (χ4n) is 2.30. The molecular formula is C18H10Cl2O3. The summed E-state index contributed by atoms with van der Waals surface area (Å²) in [4.78, 5) is 23.7. The molecule has 0 aliphatic rings. The maximum atomic E-state index is 12.3. The predicted octanol–water partition coefficient (Wildman–Crippen LogP) is 5.18. The van der Waals surface area contributed by atoms with Crippen molar-refractivity contribution >= 4 is 46.2 Å². The smallest absolute Gasteiger partial charge is 0.345 e. The molecule has 0 spiro atoms. The molecule has 0 saturated heterocycles. The number of esters is 1. The fourth-order valence-corrected chi connectivity index (χ4v) is 2.78. The molecule has 0 aliphatic carbocycles. The highest BCUT2D eigenvalue weighted by Crippen LogP contribution is 2.28. The lowest BCUT2D eigenvalue weighted by Crippen LogP contribution is -2.10. The number of benzene rings is 3. The Balaban J connectivity index is 2.01. The number of ether oxygens (including phenoxy) is 1. The molecule has 5 heteroatoms. The van der Waals surface area contributed by atoms with Crippen LogP contribution < -0.4 is 4.74 Å². The molecule has 114 valence electrons. The lowest BCUT2D eigenvalue weighted by atomic mass is 10.0. The highest BCUT2D eigenvalue weighted by molar-refractivity contribution is 6.36. The number of carbonyl (C=O) groups excluding carboxylic acids is 2. The van der Waals surface area contributed by atoms with Gasteiger partial charge in [0.15, 0.2) is 6.29 Å². The van der Waals surface area contributed by atoms with Gasteiger partial charge in [-0.15, -0.1) is 0 Å². The molecule has 0 aliphatic heterocycles. The summed E-state index contributed by atoms with van der Waals surface area (Å²) in [6, 6.07) is 15.2. The predicted molar refractivity (Wildman–Crippen MR) is 90.8 cm³/mol. The largest absolute Gasteiger partial charge is 0.422 e. The van der Waals surface area contributed by atoms with Crippen LogP contribution in [0.25, 0.3) is 10.8 Å². The summed E-state index contributed by atoms with van der Waals surface area (Å²) in [6.45, 7) is 0. The van der Waals surface area contributed by atoms with Gasteiger partial charge in [-0.05, 0) is 35.0 Å². The van der Waals surface area contributed by atoms with Crippen molar-refractivity contribution in [2.75, 3.05) is 0 Å². The lowest BCUT2D eigenvalue weighted by molar-refractivity contribution is 0.0734. The molecule has 0 aromatic heterocycles. The van der Waals surface area contributed by atoms with Gasteiger partial charge in [-0.3, -0.25) is 4.79 Å². The monoisotopic (exact) mass is 344 g/mol. The molecule has 3 aromatic rings. The summed E-state index contributed by atoms with van der Waals surface area (Å²) >= 11 is 11.8. The second-order valence-corrected chi connectivity index (χ2v) is 5.67. The maximum Gasteiger partial charge on any atom is 0.345 e. The normalized spacial score (nSPS) is 10.5. The number of aldehydes is 1. The second-order valence-electron chi connectivity index (χ2n) is 4.83. The van der Waals surface area contributed by atoms with E-state index in [-0.39, 0.29) is 16.3 Å². The third-order valence-electron chi connectivity index (χ3n) is 3.40. The van der Waals surface area contributed by atoms with Crippen LogP contribution >= 0.6 is 23.2 Å². The molecule has 0 radical (unpaired) electrons. The van der Waals surface area contributed by atoms with Crippen molar-refractivity contribution in [3.8, 4) is 5.75 Å². The molecular weight excluding hydrogens is 335 g/mol. The number of carbonyl (C=O) groups is 2. The van der Waals surface area contributed by atoms with E-state index in [4.69, 9.17) is 27.9 Å². The van der Waals surface area contributed by atoms with E-state index in [0.717, 1.165) is 10.8 Å². The van der Waals surface area contributed by atoms with Crippen molar-refractivity contribution in [1.82, 2.24) is 0 Å². The lowest BCUT2D eigenvalue weighted by Gasteiger charge is -2.10. The molecule has 0 saturated carbocycles.